The van der Waals surface area contributed by atoms with Crippen LogP contribution in [-0.2, 0) is 6.54 Å². The molecule has 0 aliphatic carbocycles. The Bertz CT molecular complexity index is 775. The fourth-order valence-corrected chi connectivity index (χ4v) is 2.05. The van der Waals surface area contributed by atoms with Crippen LogP contribution in [0.25, 0.3) is 0 Å². The molecule has 2 heterocycles. The van der Waals surface area contributed by atoms with Crippen molar-refractivity contribution in [3.8, 4) is 0 Å². The van der Waals surface area contributed by atoms with Crippen molar-refractivity contribution in [1.29, 1.82) is 0 Å². The van der Waals surface area contributed by atoms with Crippen LogP contribution in [-0.4, -0.2) is 11.9 Å². The lowest BCUT2D eigenvalue weighted by Gasteiger charge is -1.89. The highest BCUT2D eigenvalue weighted by Crippen LogP contribution is 2.13. The number of para-hydroxylation sites is 2. The first-order chi connectivity index (χ1) is 9.74. The molecule has 0 saturated heterocycles. The van der Waals surface area contributed by atoms with Gasteiger partial charge < -0.3 is 5.32 Å². The number of hydrogen-bond donors (Lipinski definition) is 1. The Morgan fingerprint density at radius 3 is 2.10 bits per heavy atom. The molecule has 0 radical (unpaired) electrons. The van der Waals surface area contributed by atoms with E-state index in [-0.39, 0.29) is 5.91 Å². The van der Waals surface area contributed by atoms with Gasteiger partial charge in [0.2, 0.25) is 0 Å². The van der Waals surface area contributed by atoms with Gasteiger partial charge in [0, 0.05) is 12.1 Å². The largest absolute Gasteiger partial charge is 0.368 e. The minimum absolute atomic E-state index is 0.0515. The van der Waals surface area contributed by atoms with Gasteiger partial charge >= 0.3 is 6.03 Å². The maximum Gasteiger partial charge on any atom is 0.368 e. The molecule has 98 valence electrons. The number of fused-ring (bicyclic) bond motifs is 2. The first kappa shape index (κ1) is 12.2. The van der Waals surface area contributed by atoms with Crippen LogP contribution >= 0.6 is 0 Å². The normalized spacial score (nSPS) is 14.2. The highest BCUT2D eigenvalue weighted by Gasteiger charge is 2.16. The number of carbonyl (C=O) groups is 2. The monoisotopic (exact) mass is 265 g/mol. The lowest BCUT2D eigenvalue weighted by atomic mass is 10.1. The summed E-state index contributed by atoms with van der Waals surface area (Å²) < 4.78 is 0. The fraction of sp³-hybridized carbons (Fsp3) is 0.0667. The summed E-state index contributed by atoms with van der Waals surface area (Å²) in [7, 11) is 0. The Morgan fingerprint density at radius 1 is 0.850 bits per heavy atom. The van der Waals surface area contributed by atoms with Crippen molar-refractivity contribution in [2.75, 3.05) is 0 Å². The second kappa shape index (κ2) is 5.05. The molecule has 0 spiro atoms. The molecule has 0 unspecified atom stereocenters. The first-order valence-corrected chi connectivity index (χ1v) is 6.16. The van der Waals surface area contributed by atoms with Gasteiger partial charge in [0.15, 0.2) is 0 Å². The molecule has 20 heavy (non-hydrogen) atoms. The third-order valence-electron chi connectivity index (χ3n) is 3.02. The average Bonchev–Trinajstić information content (AvgIpc) is 3.02. The van der Waals surface area contributed by atoms with E-state index in [9.17, 15) is 9.59 Å². The number of nitrogens with zero attached hydrogens (tertiary/aromatic N) is 2. The number of hydrogen-bond acceptors (Lipinski definition) is 2. The van der Waals surface area contributed by atoms with Gasteiger partial charge in [-0.25, -0.2) is 4.79 Å². The van der Waals surface area contributed by atoms with Crippen molar-refractivity contribution in [3.63, 3.8) is 0 Å². The van der Waals surface area contributed by atoms with E-state index < -0.39 is 6.03 Å². The maximum absolute atomic E-state index is 11.0. The smallest absolute Gasteiger partial charge is 0.348 e. The van der Waals surface area contributed by atoms with Crippen LogP contribution in [0.2, 0.25) is 0 Å². The average molecular weight is 265 g/mol. The van der Waals surface area contributed by atoms with E-state index >= 15 is 0 Å². The third kappa shape index (κ3) is 2.33. The zero-order chi connectivity index (χ0) is 13.9. The Labute approximate surface area is 114 Å². The van der Waals surface area contributed by atoms with E-state index in [0.29, 0.717) is 17.3 Å². The van der Waals surface area contributed by atoms with Crippen LogP contribution in [0.1, 0.15) is 15.9 Å². The van der Waals surface area contributed by atoms with Crippen LogP contribution in [0.3, 0.4) is 0 Å². The molecule has 0 atom stereocenters. The minimum atomic E-state index is -0.402. The summed E-state index contributed by atoms with van der Waals surface area (Å²) in [6, 6.07) is 14.4. The predicted octanol–water partition coefficient (Wildman–Crippen LogP) is 0.989. The van der Waals surface area contributed by atoms with Crippen molar-refractivity contribution >= 4 is 11.9 Å². The summed E-state index contributed by atoms with van der Waals surface area (Å²) in [6.07, 6.45) is 0. The first-order valence-electron chi connectivity index (χ1n) is 6.16. The lowest BCUT2D eigenvalue weighted by Crippen LogP contribution is -2.19. The molecule has 2 aromatic rings. The molecule has 4 rings (SSSR count). The van der Waals surface area contributed by atoms with E-state index in [4.69, 9.17) is 0 Å². The van der Waals surface area contributed by atoms with Gasteiger partial charge in [-0.05, 0) is 23.8 Å². The Hall–Kier alpha value is -2.82. The molecular weight excluding hydrogens is 254 g/mol. The summed E-state index contributed by atoms with van der Waals surface area (Å²) in [6.45, 7) is 0.689. The van der Waals surface area contributed by atoms with Crippen molar-refractivity contribution in [3.05, 3.63) is 70.4 Å². The standard InChI is InChI=1S/C8H7NO.C7H4N2O/c10-8-7-4-2-1-3-6(7)5-9-8;10-7-8-5-3-1-2-4-6(5)9-7/h1-4H,5H2,(H,9,10);1-4H. The van der Waals surface area contributed by atoms with E-state index in [2.05, 4.69) is 15.3 Å². The number of amides is 3. The summed E-state index contributed by atoms with van der Waals surface area (Å²) >= 11 is 0. The van der Waals surface area contributed by atoms with Gasteiger partial charge in [0.1, 0.15) is 0 Å². The predicted molar refractivity (Wildman–Crippen MR) is 71.8 cm³/mol. The van der Waals surface area contributed by atoms with Crippen LogP contribution in [0.15, 0.2) is 58.5 Å². The zero-order valence-electron chi connectivity index (χ0n) is 10.5. The highest BCUT2D eigenvalue weighted by atomic mass is 16.2. The molecule has 5 heteroatoms. The van der Waals surface area contributed by atoms with Crippen molar-refractivity contribution < 1.29 is 9.59 Å². The Balaban J connectivity index is 0.000000121. The maximum atomic E-state index is 11.0. The molecule has 2 aliphatic heterocycles. The van der Waals surface area contributed by atoms with E-state index in [1.54, 1.807) is 12.1 Å². The van der Waals surface area contributed by atoms with Crippen molar-refractivity contribution in [2.24, 2.45) is 9.98 Å². The molecule has 0 fully saturated rings. The van der Waals surface area contributed by atoms with Crippen molar-refractivity contribution in [1.82, 2.24) is 5.32 Å². The summed E-state index contributed by atoms with van der Waals surface area (Å²) in [4.78, 5) is 28.8. The number of rotatable bonds is 0. The van der Waals surface area contributed by atoms with E-state index in [0.717, 1.165) is 11.1 Å². The van der Waals surface area contributed by atoms with Crippen LogP contribution in [0.4, 0.5) is 4.79 Å². The SMILES string of the molecule is O=C1N=c2ccccc2=N1.O=C1NCc2ccccc21. The van der Waals surface area contributed by atoms with Gasteiger partial charge in [-0.3, -0.25) is 4.79 Å². The fourth-order valence-electron chi connectivity index (χ4n) is 2.05. The second-order valence-corrected chi connectivity index (χ2v) is 4.33. The molecule has 0 saturated carbocycles. The lowest BCUT2D eigenvalue weighted by molar-refractivity contribution is 0.0965. The van der Waals surface area contributed by atoms with Gasteiger partial charge in [0.05, 0.1) is 10.7 Å². The summed E-state index contributed by atoms with van der Waals surface area (Å²) in [5.41, 5.74) is 1.93. The van der Waals surface area contributed by atoms with Gasteiger partial charge in [-0.2, -0.15) is 9.98 Å². The number of urea groups is 1. The Morgan fingerprint density at radius 2 is 1.45 bits per heavy atom. The van der Waals surface area contributed by atoms with Crippen molar-refractivity contribution in [2.45, 2.75) is 6.54 Å². The molecule has 3 amide bonds. The highest BCUT2D eigenvalue weighted by molar-refractivity contribution is 5.98. The number of carbonyl (C=O) groups excluding carboxylic acids is 2. The molecule has 2 aliphatic rings. The van der Waals surface area contributed by atoms with Crippen LogP contribution in [0, 0.1) is 0 Å². The summed E-state index contributed by atoms with van der Waals surface area (Å²) in [5.74, 6) is 0.0515. The quantitative estimate of drug-likeness (QED) is 0.771. The third-order valence-corrected chi connectivity index (χ3v) is 3.02. The number of benzene rings is 2. The molecule has 2 aromatic carbocycles. The van der Waals surface area contributed by atoms with Crippen LogP contribution < -0.4 is 16.0 Å². The molecule has 0 aromatic heterocycles. The molecular formula is C15H11N3O2. The second-order valence-electron chi connectivity index (χ2n) is 4.33. The molecule has 1 N–H and O–H groups in total. The molecule has 5 nitrogen and oxygen atoms in total. The van der Waals surface area contributed by atoms with Gasteiger partial charge in [-0.1, -0.05) is 30.3 Å². The van der Waals surface area contributed by atoms with Crippen LogP contribution in [0.5, 0.6) is 0 Å². The summed E-state index contributed by atoms with van der Waals surface area (Å²) in [5, 5.41) is 4.09. The van der Waals surface area contributed by atoms with Gasteiger partial charge in [0.25, 0.3) is 5.91 Å². The minimum Gasteiger partial charge on any atom is -0.348 e. The molecule has 0 bridgehead atoms. The Kier molecular flexibility index (Phi) is 3.09. The van der Waals surface area contributed by atoms with Gasteiger partial charge in [-0.15, -0.1) is 0 Å². The zero-order valence-corrected chi connectivity index (χ0v) is 10.5. The van der Waals surface area contributed by atoms with E-state index in [1.807, 2.05) is 36.4 Å². The topological polar surface area (TPSA) is 70.9 Å². The number of nitrogens with one attached hydrogen (secondary N) is 1. The van der Waals surface area contributed by atoms with E-state index in [1.165, 1.54) is 0 Å².